The van der Waals surface area contributed by atoms with Gasteiger partial charge in [0.05, 0.1) is 33.0 Å². The number of nitriles is 2. The number of thioether (sulfide) groups is 2. The number of hydrogen-bond donors (Lipinski definition) is 0. The second kappa shape index (κ2) is 11.4. The van der Waals surface area contributed by atoms with E-state index >= 15 is 0 Å². The first-order valence-corrected chi connectivity index (χ1v) is 14.7. The zero-order valence-corrected chi connectivity index (χ0v) is 24.8. The van der Waals surface area contributed by atoms with Crippen LogP contribution in [-0.4, -0.2) is 44.1 Å². The highest BCUT2D eigenvalue weighted by Crippen LogP contribution is 2.39. The standard InChI is InChI=1S/C30H24N6O4S2/c1-15-8-17(3)33-27(21(15)13-31)41-23-11-25(37)35(29(23)39)19-6-5-7-20(10-19)36-26(38)12-24(30(36)40)42-28-22(14-32)16(2)9-18(4)34-28/h5-10,23-24H,11-12H2,1-4H3. The third-order valence-corrected chi connectivity index (χ3v) is 9.25. The van der Waals surface area contributed by atoms with Crippen molar-refractivity contribution >= 4 is 58.5 Å². The lowest BCUT2D eigenvalue weighted by molar-refractivity contribution is -0.122. The summed E-state index contributed by atoms with van der Waals surface area (Å²) in [5.74, 6) is -1.81. The van der Waals surface area contributed by atoms with Crippen LogP contribution in [0.4, 0.5) is 11.4 Å². The molecule has 4 heterocycles. The molecule has 0 bridgehead atoms. The lowest BCUT2D eigenvalue weighted by atomic mass is 10.1. The number of amides is 4. The Bertz CT molecular complexity index is 1650. The van der Waals surface area contributed by atoms with E-state index in [0.717, 1.165) is 44.5 Å². The number of anilines is 2. The number of carbonyl (C=O) groups is 4. The molecular formula is C30H24N6O4S2. The van der Waals surface area contributed by atoms with Gasteiger partial charge in [-0.15, -0.1) is 0 Å². The van der Waals surface area contributed by atoms with Crippen molar-refractivity contribution in [1.29, 1.82) is 10.5 Å². The largest absolute Gasteiger partial charge is 0.274 e. The molecule has 2 saturated heterocycles. The van der Waals surface area contributed by atoms with Crippen molar-refractivity contribution in [1.82, 2.24) is 9.97 Å². The van der Waals surface area contributed by atoms with Gasteiger partial charge in [-0.25, -0.2) is 19.8 Å². The Morgan fingerprint density at radius 3 is 1.50 bits per heavy atom. The van der Waals surface area contributed by atoms with Crippen LogP contribution >= 0.6 is 23.5 Å². The van der Waals surface area contributed by atoms with Crippen LogP contribution in [0.5, 0.6) is 0 Å². The van der Waals surface area contributed by atoms with Crippen molar-refractivity contribution in [2.75, 3.05) is 9.80 Å². The summed E-state index contributed by atoms with van der Waals surface area (Å²) in [4.78, 5) is 63.8. The number of aromatic nitrogens is 2. The molecule has 0 saturated carbocycles. The summed E-state index contributed by atoms with van der Waals surface area (Å²) in [6.45, 7) is 7.17. The first-order valence-electron chi connectivity index (χ1n) is 13.0. The molecule has 10 nitrogen and oxygen atoms in total. The van der Waals surface area contributed by atoms with Gasteiger partial charge in [-0.2, -0.15) is 10.5 Å². The van der Waals surface area contributed by atoms with Crippen LogP contribution in [0, 0.1) is 50.4 Å². The molecule has 2 atom stereocenters. The Hall–Kier alpha value is -4.52. The Balaban J connectivity index is 1.38. The topological polar surface area (TPSA) is 148 Å². The smallest absolute Gasteiger partial charge is 0.247 e. The van der Waals surface area contributed by atoms with Crippen molar-refractivity contribution in [3.8, 4) is 12.1 Å². The van der Waals surface area contributed by atoms with E-state index in [0.29, 0.717) is 32.6 Å². The molecule has 2 aliphatic heterocycles. The summed E-state index contributed by atoms with van der Waals surface area (Å²) in [6, 6.07) is 14.0. The molecule has 0 radical (unpaired) electrons. The number of pyridine rings is 2. The van der Waals surface area contributed by atoms with Crippen LogP contribution in [0.2, 0.25) is 0 Å². The minimum atomic E-state index is -0.780. The SMILES string of the molecule is Cc1cc(C)c(C#N)c(SC2CC(=O)N(c3cccc(N4C(=O)CC(Sc5nc(C)cc(C)c5C#N)C4=O)c3)C2=O)n1. The second-order valence-electron chi connectivity index (χ2n) is 10.0. The minimum absolute atomic E-state index is 0.0856. The van der Waals surface area contributed by atoms with Gasteiger partial charge in [-0.1, -0.05) is 29.6 Å². The van der Waals surface area contributed by atoms with E-state index in [1.165, 1.54) is 6.07 Å². The number of carbonyl (C=O) groups excluding carboxylic acids is 4. The lowest BCUT2D eigenvalue weighted by Crippen LogP contribution is -2.33. The van der Waals surface area contributed by atoms with E-state index in [1.807, 2.05) is 0 Å². The fourth-order valence-corrected chi connectivity index (χ4v) is 7.47. The Morgan fingerprint density at radius 1 is 0.714 bits per heavy atom. The molecule has 0 aliphatic carbocycles. The molecular weight excluding hydrogens is 573 g/mol. The van der Waals surface area contributed by atoms with E-state index in [9.17, 15) is 29.7 Å². The quantitative estimate of drug-likeness (QED) is 0.377. The Labute approximate surface area is 250 Å². The van der Waals surface area contributed by atoms with Crippen LogP contribution in [0.3, 0.4) is 0 Å². The monoisotopic (exact) mass is 596 g/mol. The summed E-state index contributed by atoms with van der Waals surface area (Å²) in [6.07, 6.45) is -0.171. The highest BCUT2D eigenvalue weighted by Gasteiger charge is 2.43. The fourth-order valence-electron chi connectivity index (χ4n) is 5.02. The molecule has 4 amide bonds. The van der Waals surface area contributed by atoms with Gasteiger partial charge in [0.2, 0.25) is 23.6 Å². The molecule has 42 heavy (non-hydrogen) atoms. The van der Waals surface area contributed by atoms with Crippen molar-refractivity contribution in [3.63, 3.8) is 0 Å². The maximum atomic E-state index is 13.4. The van der Waals surface area contributed by atoms with E-state index in [2.05, 4.69) is 22.1 Å². The third kappa shape index (κ3) is 5.27. The van der Waals surface area contributed by atoms with Gasteiger partial charge < -0.3 is 0 Å². The molecule has 1 aromatic carbocycles. The van der Waals surface area contributed by atoms with Gasteiger partial charge in [0.1, 0.15) is 22.2 Å². The van der Waals surface area contributed by atoms with E-state index in [4.69, 9.17) is 0 Å². The second-order valence-corrected chi connectivity index (χ2v) is 12.4. The van der Waals surface area contributed by atoms with Crippen molar-refractivity contribution < 1.29 is 19.2 Å². The number of imide groups is 2. The van der Waals surface area contributed by atoms with Gasteiger partial charge in [0.25, 0.3) is 0 Å². The molecule has 12 heteroatoms. The summed E-state index contributed by atoms with van der Waals surface area (Å²) < 4.78 is 0. The molecule has 210 valence electrons. The molecule has 2 fully saturated rings. The highest BCUT2D eigenvalue weighted by molar-refractivity contribution is 8.01. The predicted molar refractivity (Wildman–Crippen MR) is 157 cm³/mol. The van der Waals surface area contributed by atoms with Crippen molar-refractivity contribution in [2.45, 2.75) is 61.1 Å². The van der Waals surface area contributed by atoms with Crippen LogP contribution in [0.25, 0.3) is 0 Å². The lowest BCUT2D eigenvalue weighted by Gasteiger charge is -2.19. The van der Waals surface area contributed by atoms with Crippen LogP contribution in [0.1, 0.15) is 46.5 Å². The summed E-state index contributed by atoms with van der Waals surface area (Å²) in [5.41, 5.74) is 4.07. The van der Waals surface area contributed by atoms with E-state index in [-0.39, 0.29) is 24.2 Å². The minimum Gasteiger partial charge on any atom is -0.274 e. The third-order valence-electron chi connectivity index (χ3n) is 6.91. The van der Waals surface area contributed by atoms with Crippen molar-refractivity contribution in [2.24, 2.45) is 0 Å². The van der Waals surface area contributed by atoms with Gasteiger partial charge in [-0.3, -0.25) is 19.2 Å². The Morgan fingerprint density at radius 2 is 1.12 bits per heavy atom. The van der Waals surface area contributed by atoms with Crippen molar-refractivity contribution in [3.05, 3.63) is 70.0 Å². The molecule has 0 N–H and O–H groups in total. The molecule has 5 rings (SSSR count). The van der Waals surface area contributed by atoms with E-state index in [1.54, 1.807) is 58.0 Å². The molecule has 2 unspecified atom stereocenters. The highest BCUT2D eigenvalue weighted by atomic mass is 32.2. The van der Waals surface area contributed by atoms with Crippen LogP contribution < -0.4 is 9.80 Å². The zero-order valence-electron chi connectivity index (χ0n) is 23.2. The number of rotatable bonds is 6. The van der Waals surface area contributed by atoms with Crippen LogP contribution in [0.15, 0.2) is 46.5 Å². The van der Waals surface area contributed by atoms with Crippen LogP contribution in [-0.2, 0) is 19.2 Å². The number of benzene rings is 1. The van der Waals surface area contributed by atoms with Gasteiger partial charge in [-0.05, 0) is 69.2 Å². The summed E-state index contributed by atoms with van der Waals surface area (Å²) in [7, 11) is 0. The number of hydrogen-bond acceptors (Lipinski definition) is 10. The number of aryl methyl sites for hydroxylation is 4. The summed E-state index contributed by atoms with van der Waals surface area (Å²) in [5, 5.41) is 18.4. The first-order chi connectivity index (χ1) is 20.0. The average Bonchev–Trinajstić information content (AvgIpc) is 3.36. The first kappa shape index (κ1) is 29.0. The summed E-state index contributed by atoms with van der Waals surface area (Å²) >= 11 is 2.16. The van der Waals surface area contributed by atoms with Gasteiger partial charge in [0, 0.05) is 24.2 Å². The van der Waals surface area contributed by atoms with E-state index < -0.39 is 34.1 Å². The fraction of sp³-hybridized carbons (Fsp3) is 0.267. The zero-order chi connectivity index (χ0) is 30.3. The molecule has 0 spiro atoms. The molecule has 2 aliphatic rings. The predicted octanol–water partition coefficient (Wildman–Crippen LogP) is 4.30. The maximum Gasteiger partial charge on any atom is 0.247 e. The number of nitrogens with zero attached hydrogens (tertiary/aromatic N) is 6. The van der Waals surface area contributed by atoms with Gasteiger partial charge in [0.15, 0.2) is 0 Å². The normalized spacial score (nSPS) is 18.5. The van der Waals surface area contributed by atoms with Gasteiger partial charge >= 0.3 is 0 Å². The average molecular weight is 597 g/mol. The maximum absolute atomic E-state index is 13.4. The Kier molecular flexibility index (Phi) is 7.87. The molecule has 2 aromatic heterocycles. The molecule has 3 aromatic rings.